The van der Waals surface area contributed by atoms with E-state index < -0.39 is 0 Å². The lowest BCUT2D eigenvalue weighted by Gasteiger charge is -2.49. The summed E-state index contributed by atoms with van der Waals surface area (Å²) < 4.78 is 0. The quantitative estimate of drug-likeness (QED) is 0.0673. The highest BCUT2D eigenvalue weighted by Crippen LogP contribution is 2.34. The molecule has 0 rings (SSSR count). The largest absolute Gasteiger partial charge is 0.293 e. The van der Waals surface area contributed by atoms with Crippen molar-refractivity contribution in [2.45, 2.75) is 259 Å². The van der Waals surface area contributed by atoms with E-state index in [0.29, 0.717) is 11.1 Å². The van der Waals surface area contributed by atoms with Crippen molar-refractivity contribution < 1.29 is 0 Å². The van der Waals surface area contributed by atoms with Crippen molar-refractivity contribution in [1.29, 1.82) is 0 Å². The molecule has 0 aliphatic rings. The Morgan fingerprint density at radius 3 is 0.762 bits per heavy atom. The van der Waals surface area contributed by atoms with Crippen LogP contribution in [0, 0.1) is 0 Å². The zero-order valence-corrected chi connectivity index (χ0v) is 31.1. The average Bonchev–Trinajstić information content (AvgIpc) is 2.95. The van der Waals surface area contributed by atoms with Gasteiger partial charge in [-0.1, -0.05) is 201 Å². The van der Waals surface area contributed by atoms with Crippen LogP contribution in [0.1, 0.15) is 248 Å². The Morgan fingerprint density at radius 1 is 0.286 bits per heavy atom. The van der Waals surface area contributed by atoms with E-state index in [1.807, 2.05) is 0 Å². The number of hydrogen-bond acceptors (Lipinski definition) is 1. The minimum atomic E-state index is 0.309. The summed E-state index contributed by atoms with van der Waals surface area (Å²) in [5.41, 5.74) is 0.619. The third-order valence-electron chi connectivity index (χ3n) is 10.2. The van der Waals surface area contributed by atoms with Gasteiger partial charge < -0.3 is 0 Å². The van der Waals surface area contributed by atoms with Gasteiger partial charge in [-0.2, -0.15) is 0 Å². The molecule has 0 aliphatic heterocycles. The van der Waals surface area contributed by atoms with Crippen LogP contribution >= 0.6 is 0 Å². The summed E-state index contributed by atoms with van der Waals surface area (Å²) in [5.74, 6) is 0. The van der Waals surface area contributed by atoms with Gasteiger partial charge in [0.05, 0.1) is 0 Å². The first-order chi connectivity index (χ1) is 20.3. The van der Waals surface area contributed by atoms with Crippen molar-refractivity contribution in [3.05, 3.63) is 0 Å². The SMILES string of the molecule is CCCCCCCCCCCCCCC(C)(C)N(CCCCCCC)C(C)(C)CCCCCCCCCCCCCC. The second-order valence-electron chi connectivity index (χ2n) is 15.5. The van der Waals surface area contributed by atoms with E-state index in [-0.39, 0.29) is 0 Å². The van der Waals surface area contributed by atoms with Gasteiger partial charge in [0.2, 0.25) is 0 Å². The van der Waals surface area contributed by atoms with Gasteiger partial charge in [0, 0.05) is 11.1 Å². The van der Waals surface area contributed by atoms with Crippen LogP contribution in [0.15, 0.2) is 0 Å². The molecule has 0 atom stereocenters. The molecule has 0 aromatic rings. The minimum absolute atomic E-state index is 0.309. The second-order valence-corrected chi connectivity index (χ2v) is 15.5. The molecule has 0 aromatic heterocycles. The zero-order valence-electron chi connectivity index (χ0n) is 31.1. The standard InChI is InChI=1S/C41H85N/c1-8-11-14-17-19-21-23-25-27-29-31-34-37-40(4,5)42(39-36-33-16-13-10-3)41(6,7)38-35-32-30-28-26-24-22-20-18-15-12-9-2/h8-39H2,1-7H3. The summed E-state index contributed by atoms with van der Waals surface area (Å²) in [6.07, 6.45) is 44.4. The zero-order chi connectivity index (χ0) is 31.2. The Labute approximate surface area is 269 Å². The van der Waals surface area contributed by atoms with E-state index in [1.165, 1.54) is 206 Å². The van der Waals surface area contributed by atoms with Gasteiger partial charge in [-0.05, 0) is 53.5 Å². The third-order valence-corrected chi connectivity index (χ3v) is 10.2. The van der Waals surface area contributed by atoms with Gasteiger partial charge in [-0.25, -0.2) is 0 Å². The molecular formula is C41H85N. The van der Waals surface area contributed by atoms with Crippen LogP contribution in [0.3, 0.4) is 0 Å². The van der Waals surface area contributed by atoms with Crippen LogP contribution in [-0.4, -0.2) is 22.5 Å². The Morgan fingerprint density at radius 2 is 0.500 bits per heavy atom. The fraction of sp³-hybridized carbons (Fsp3) is 1.00. The average molecular weight is 592 g/mol. The summed E-state index contributed by atoms with van der Waals surface area (Å²) in [5, 5.41) is 0. The molecule has 0 aromatic carbocycles. The van der Waals surface area contributed by atoms with E-state index in [1.54, 1.807) is 0 Å². The van der Waals surface area contributed by atoms with Crippen molar-refractivity contribution in [2.75, 3.05) is 6.54 Å². The first-order valence-electron chi connectivity index (χ1n) is 20.1. The van der Waals surface area contributed by atoms with Crippen molar-refractivity contribution in [3.8, 4) is 0 Å². The van der Waals surface area contributed by atoms with E-state index in [9.17, 15) is 0 Å². The Bertz CT molecular complexity index is 481. The lowest BCUT2D eigenvalue weighted by molar-refractivity contribution is 0.00151. The van der Waals surface area contributed by atoms with Crippen molar-refractivity contribution in [1.82, 2.24) is 4.90 Å². The maximum Gasteiger partial charge on any atom is 0.0158 e. The maximum atomic E-state index is 2.96. The number of nitrogens with zero attached hydrogens (tertiary/aromatic N) is 1. The molecule has 0 saturated heterocycles. The summed E-state index contributed by atoms with van der Waals surface area (Å²) in [6.45, 7) is 18.5. The molecule has 0 radical (unpaired) electrons. The second kappa shape index (κ2) is 29.7. The summed E-state index contributed by atoms with van der Waals surface area (Å²) in [4.78, 5) is 2.96. The minimum Gasteiger partial charge on any atom is -0.293 e. The van der Waals surface area contributed by atoms with E-state index in [0.717, 1.165) is 0 Å². The third kappa shape index (κ3) is 25.3. The molecular weight excluding hydrogens is 506 g/mol. The first-order valence-corrected chi connectivity index (χ1v) is 20.1. The lowest BCUT2D eigenvalue weighted by Crippen LogP contribution is -2.55. The van der Waals surface area contributed by atoms with Crippen LogP contribution in [-0.2, 0) is 0 Å². The van der Waals surface area contributed by atoms with Gasteiger partial charge in [0.1, 0.15) is 0 Å². The fourth-order valence-electron chi connectivity index (χ4n) is 7.37. The molecule has 0 fully saturated rings. The smallest absolute Gasteiger partial charge is 0.0158 e. The van der Waals surface area contributed by atoms with Crippen molar-refractivity contribution in [2.24, 2.45) is 0 Å². The molecule has 1 nitrogen and oxygen atoms in total. The molecule has 42 heavy (non-hydrogen) atoms. The monoisotopic (exact) mass is 592 g/mol. The molecule has 254 valence electrons. The molecule has 0 unspecified atom stereocenters. The van der Waals surface area contributed by atoms with Crippen molar-refractivity contribution >= 4 is 0 Å². The van der Waals surface area contributed by atoms with Crippen LogP contribution in [0.4, 0.5) is 0 Å². The maximum absolute atomic E-state index is 2.96. The molecule has 1 heteroatoms. The van der Waals surface area contributed by atoms with Gasteiger partial charge in [0.25, 0.3) is 0 Å². The predicted octanol–water partition coefficient (Wildman–Crippen LogP) is 15.0. The van der Waals surface area contributed by atoms with Gasteiger partial charge in [0.15, 0.2) is 0 Å². The molecule has 0 heterocycles. The number of unbranched alkanes of at least 4 members (excludes halogenated alkanes) is 26. The molecule has 0 bridgehead atoms. The summed E-state index contributed by atoms with van der Waals surface area (Å²) >= 11 is 0. The van der Waals surface area contributed by atoms with Crippen LogP contribution < -0.4 is 0 Å². The Kier molecular flexibility index (Phi) is 29.6. The lowest BCUT2D eigenvalue weighted by atomic mass is 9.85. The van der Waals surface area contributed by atoms with E-state index in [2.05, 4.69) is 53.4 Å². The van der Waals surface area contributed by atoms with Crippen LogP contribution in [0.2, 0.25) is 0 Å². The molecule has 0 N–H and O–H groups in total. The highest BCUT2D eigenvalue weighted by molar-refractivity contribution is 4.92. The summed E-state index contributed by atoms with van der Waals surface area (Å²) in [7, 11) is 0. The van der Waals surface area contributed by atoms with Gasteiger partial charge >= 0.3 is 0 Å². The predicted molar refractivity (Wildman–Crippen MR) is 195 cm³/mol. The van der Waals surface area contributed by atoms with E-state index in [4.69, 9.17) is 0 Å². The van der Waals surface area contributed by atoms with Gasteiger partial charge in [-0.15, -0.1) is 0 Å². The highest BCUT2D eigenvalue weighted by Gasteiger charge is 2.36. The Balaban J connectivity index is 4.37. The Hall–Kier alpha value is -0.0400. The molecule has 0 amide bonds. The molecule has 0 aliphatic carbocycles. The topological polar surface area (TPSA) is 3.24 Å². The van der Waals surface area contributed by atoms with E-state index >= 15 is 0 Å². The fourth-order valence-corrected chi connectivity index (χ4v) is 7.37. The first kappa shape index (κ1) is 42.0. The number of hydrogen-bond donors (Lipinski definition) is 0. The van der Waals surface area contributed by atoms with Crippen molar-refractivity contribution in [3.63, 3.8) is 0 Å². The van der Waals surface area contributed by atoms with Gasteiger partial charge in [-0.3, -0.25) is 4.90 Å². The van der Waals surface area contributed by atoms with Crippen LogP contribution in [0.5, 0.6) is 0 Å². The molecule has 0 spiro atoms. The van der Waals surface area contributed by atoms with Crippen LogP contribution in [0.25, 0.3) is 0 Å². The summed E-state index contributed by atoms with van der Waals surface area (Å²) in [6, 6.07) is 0. The number of rotatable bonds is 34. The molecule has 0 saturated carbocycles. The normalized spacial score (nSPS) is 12.6. The highest BCUT2D eigenvalue weighted by atomic mass is 15.2.